The van der Waals surface area contributed by atoms with E-state index in [4.69, 9.17) is 9.62 Å². The van der Waals surface area contributed by atoms with Crippen molar-refractivity contribution in [2.24, 2.45) is 5.10 Å². The second-order valence-corrected chi connectivity index (χ2v) is 4.19. The summed E-state index contributed by atoms with van der Waals surface area (Å²) in [7, 11) is 0. The number of amides is 2. The van der Waals surface area contributed by atoms with Crippen molar-refractivity contribution in [3.05, 3.63) is 65.6 Å². The second-order valence-electron chi connectivity index (χ2n) is 4.19. The Balaban J connectivity index is 2.00. The predicted octanol–water partition coefficient (Wildman–Crippen LogP) is 1.56. The molecule has 0 radical (unpaired) electrons. The van der Waals surface area contributed by atoms with Gasteiger partial charge in [0, 0.05) is 17.2 Å². The maximum Gasteiger partial charge on any atom is 0.271 e. The Bertz CT molecular complexity index is 705. The first kappa shape index (κ1) is 15.2. The Hall–Kier alpha value is -3.19. The fourth-order valence-corrected chi connectivity index (χ4v) is 1.57. The molecule has 7 nitrogen and oxygen atoms in total. The second kappa shape index (κ2) is 7.55. The van der Waals surface area contributed by atoms with Gasteiger partial charge in [-0.05, 0) is 29.8 Å². The third-order valence-corrected chi connectivity index (χ3v) is 2.61. The zero-order valence-corrected chi connectivity index (χ0v) is 11.4. The summed E-state index contributed by atoms with van der Waals surface area (Å²) in [6.07, 6.45) is 7.07. The number of nitrogens with one attached hydrogen (secondary N) is 2. The monoisotopic (exact) mass is 299 g/mol. The Morgan fingerprint density at radius 1 is 1.23 bits per heavy atom. The van der Waals surface area contributed by atoms with Crippen LogP contribution >= 0.6 is 0 Å². The number of carbonyl (C=O) groups excluding carboxylic acids is 2. The summed E-state index contributed by atoms with van der Waals surface area (Å²) in [5, 5.41) is 12.2. The van der Waals surface area contributed by atoms with Crippen LogP contribution in [0.4, 0.5) is 0 Å². The molecule has 2 rings (SSSR count). The van der Waals surface area contributed by atoms with E-state index in [1.54, 1.807) is 30.3 Å². The van der Waals surface area contributed by atoms with Crippen molar-refractivity contribution in [2.45, 2.75) is 0 Å². The molecule has 0 aliphatic heterocycles. The number of benzene rings is 1. The maximum atomic E-state index is 11.9. The predicted molar refractivity (Wildman–Crippen MR) is 79.2 cm³/mol. The Labute approximate surface area is 125 Å². The molecule has 7 heteroatoms. The largest absolute Gasteiger partial charge is 0.472 e. The minimum atomic E-state index is -0.653. The number of carbonyl (C=O) groups is 2. The van der Waals surface area contributed by atoms with Gasteiger partial charge in [-0.15, -0.1) is 0 Å². The van der Waals surface area contributed by atoms with Crippen LogP contribution in [-0.2, 0) is 4.79 Å². The first-order valence-electron chi connectivity index (χ1n) is 6.27. The summed E-state index contributed by atoms with van der Waals surface area (Å²) in [6.45, 7) is 0. The minimum Gasteiger partial charge on any atom is -0.472 e. The van der Waals surface area contributed by atoms with Crippen LogP contribution in [0.25, 0.3) is 6.08 Å². The molecule has 3 N–H and O–H groups in total. The summed E-state index contributed by atoms with van der Waals surface area (Å²) < 4.78 is 4.87. The van der Waals surface area contributed by atoms with Crippen LogP contribution in [-0.4, -0.2) is 23.2 Å². The van der Waals surface area contributed by atoms with Crippen LogP contribution in [0.5, 0.6) is 0 Å². The summed E-state index contributed by atoms with van der Waals surface area (Å²) in [5.74, 6) is -1.04. The van der Waals surface area contributed by atoms with Gasteiger partial charge in [-0.2, -0.15) is 5.10 Å². The lowest BCUT2D eigenvalue weighted by Crippen LogP contribution is -2.17. The molecule has 0 unspecified atom stereocenters. The van der Waals surface area contributed by atoms with Gasteiger partial charge in [0.2, 0.25) is 0 Å². The van der Waals surface area contributed by atoms with Crippen LogP contribution in [0.1, 0.15) is 21.5 Å². The lowest BCUT2D eigenvalue weighted by molar-refractivity contribution is -0.124. The SMILES string of the molecule is O=C(/C=C/c1cccc(C(=O)N/N=C/c2ccoc2)c1)NO. The van der Waals surface area contributed by atoms with Crippen molar-refractivity contribution in [2.75, 3.05) is 0 Å². The van der Waals surface area contributed by atoms with Gasteiger partial charge in [-0.1, -0.05) is 12.1 Å². The van der Waals surface area contributed by atoms with E-state index in [1.165, 1.54) is 30.3 Å². The average molecular weight is 299 g/mol. The number of rotatable bonds is 5. The number of hydrogen-bond acceptors (Lipinski definition) is 5. The highest BCUT2D eigenvalue weighted by molar-refractivity contribution is 5.96. The third-order valence-electron chi connectivity index (χ3n) is 2.61. The van der Waals surface area contributed by atoms with E-state index >= 15 is 0 Å². The summed E-state index contributed by atoms with van der Waals surface area (Å²) >= 11 is 0. The highest BCUT2D eigenvalue weighted by atomic mass is 16.5. The lowest BCUT2D eigenvalue weighted by atomic mass is 10.1. The van der Waals surface area contributed by atoms with Crippen molar-refractivity contribution < 1.29 is 19.2 Å². The summed E-state index contributed by atoms with van der Waals surface area (Å²) in [5.41, 5.74) is 5.62. The van der Waals surface area contributed by atoms with Crippen LogP contribution in [0.15, 0.2) is 58.5 Å². The molecule has 0 fully saturated rings. The number of nitrogens with zero attached hydrogens (tertiary/aromatic N) is 1. The first-order valence-corrected chi connectivity index (χ1v) is 6.27. The van der Waals surface area contributed by atoms with E-state index < -0.39 is 5.91 Å². The smallest absolute Gasteiger partial charge is 0.271 e. The van der Waals surface area contributed by atoms with Crippen LogP contribution in [0.3, 0.4) is 0 Å². The Morgan fingerprint density at radius 3 is 2.82 bits per heavy atom. The molecule has 0 bridgehead atoms. The molecule has 0 aliphatic carbocycles. The topological polar surface area (TPSA) is 104 Å². The van der Waals surface area contributed by atoms with Gasteiger partial charge in [-0.3, -0.25) is 14.8 Å². The van der Waals surface area contributed by atoms with E-state index in [9.17, 15) is 9.59 Å². The molecule has 0 aliphatic rings. The number of hydrazone groups is 1. The average Bonchev–Trinajstić information content (AvgIpc) is 3.06. The number of furan rings is 1. The number of hydroxylamine groups is 1. The van der Waals surface area contributed by atoms with Crippen molar-refractivity contribution >= 4 is 24.1 Å². The van der Waals surface area contributed by atoms with Crippen LogP contribution in [0.2, 0.25) is 0 Å². The van der Waals surface area contributed by atoms with E-state index in [2.05, 4.69) is 10.5 Å². The fourth-order valence-electron chi connectivity index (χ4n) is 1.57. The molecule has 0 saturated heterocycles. The maximum absolute atomic E-state index is 11.9. The highest BCUT2D eigenvalue weighted by Gasteiger charge is 2.04. The molecule has 0 atom stereocenters. The molecule has 2 aromatic rings. The molecule has 22 heavy (non-hydrogen) atoms. The normalized spacial score (nSPS) is 11.0. The first-order chi connectivity index (χ1) is 10.7. The lowest BCUT2D eigenvalue weighted by Gasteiger charge is -2.01. The van der Waals surface area contributed by atoms with Crippen LogP contribution < -0.4 is 10.9 Å². The van der Waals surface area contributed by atoms with Gasteiger partial charge in [-0.25, -0.2) is 10.9 Å². The summed E-state index contributed by atoms with van der Waals surface area (Å²) in [4.78, 5) is 22.8. The Kier molecular flexibility index (Phi) is 5.22. The Morgan fingerprint density at radius 2 is 2.09 bits per heavy atom. The van der Waals surface area contributed by atoms with Crippen molar-refractivity contribution in [1.29, 1.82) is 0 Å². The standard InChI is InChI=1S/C15H13N3O4/c19-14(18-21)5-4-11-2-1-3-13(8-11)15(20)17-16-9-12-6-7-22-10-12/h1-10,21H,(H,17,20)(H,18,19)/b5-4+,16-9+. The van der Waals surface area contributed by atoms with E-state index in [1.807, 2.05) is 0 Å². The zero-order valence-electron chi connectivity index (χ0n) is 11.4. The van der Waals surface area contributed by atoms with Gasteiger partial charge in [0.15, 0.2) is 0 Å². The van der Waals surface area contributed by atoms with Gasteiger partial charge in [0.05, 0.1) is 18.7 Å². The molecule has 1 aromatic carbocycles. The highest BCUT2D eigenvalue weighted by Crippen LogP contribution is 2.07. The summed E-state index contributed by atoms with van der Waals surface area (Å²) in [6, 6.07) is 8.29. The van der Waals surface area contributed by atoms with E-state index in [0.29, 0.717) is 11.1 Å². The molecule has 0 spiro atoms. The van der Waals surface area contributed by atoms with Crippen LogP contribution in [0, 0.1) is 0 Å². The quantitative estimate of drug-likeness (QED) is 0.337. The van der Waals surface area contributed by atoms with Crippen molar-refractivity contribution in [1.82, 2.24) is 10.9 Å². The molecule has 1 aromatic heterocycles. The zero-order chi connectivity index (χ0) is 15.8. The van der Waals surface area contributed by atoms with Gasteiger partial charge in [0.1, 0.15) is 0 Å². The number of hydrogen-bond donors (Lipinski definition) is 3. The molecular weight excluding hydrogens is 286 g/mol. The van der Waals surface area contributed by atoms with E-state index in [0.717, 1.165) is 11.6 Å². The van der Waals surface area contributed by atoms with Crippen molar-refractivity contribution in [3.63, 3.8) is 0 Å². The molecule has 2 amide bonds. The van der Waals surface area contributed by atoms with Gasteiger partial charge < -0.3 is 4.42 Å². The van der Waals surface area contributed by atoms with Crippen molar-refractivity contribution in [3.8, 4) is 0 Å². The van der Waals surface area contributed by atoms with E-state index in [-0.39, 0.29) is 5.91 Å². The minimum absolute atomic E-state index is 0.385. The van der Waals surface area contributed by atoms with Gasteiger partial charge >= 0.3 is 0 Å². The molecule has 1 heterocycles. The molecule has 0 saturated carbocycles. The molecular formula is C15H13N3O4. The fraction of sp³-hybridized carbons (Fsp3) is 0. The van der Waals surface area contributed by atoms with Gasteiger partial charge in [0.25, 0.3) is 11.8 Å². The third kappa shape index (κ3) is 4.43. The molecule has 112 valence electrons.